The number of hydrogen-bond acceptors (Lipinski definition) is 6. The maximum absolute atomic E-state index is 13.2. The van der Waals surface area contributed by atoms with Crippen LogP contribution in [0.2, 0.25) is 0 Å². The van der Waals surface area contributed by atoms with Crippen molar-refractivity contribution in [1.29, 1.82) is 0 Å². The topological polar surface area (TPSA) is 88.1 Å². The van der Waals surface area contributed by atoms with Gasteiger partial charge in [-0.25, -0.2) is 9.69 Å². The van der Waals surface area contributed by atoms with Gasteiger partial charge in [0.05, 0.1) is 17.9 Å². The molecule has 1 saturated heterocycles. The van der Waals surface area contributed by atoms with Gasteiger partial charge in [0.2, 0.25) is 5.91 Å². The van der Waals surface area contributed by atoms with Gasteiger partial charge in [0.1, 0.15) is 12.0 Å². The third-order valence-electron chi connectivity index (χ3n) is 3.86. The van der Waals surface area contributed by atoms with E-state index in [1.165, 1.54) is 6.07 Å². The summed E-state index contributed by atoms with van der Waals surface area (Å²) in [6, 6.07) is 3.02. The second-order valence-corrected chi connectivity index (χ2v) is 5.33. The van der Waals surface area contributed by atoms with Gasteiger partial charge in [-0.2, -0.15) is 18.3 Å². The van der Waals surface area contributed by atoms with E-state index in [-0.39, 0.29) is 12.3 Å². The van der Waals surface area contributed by atoms with Crippen LogP contribution in [-0.4, -0.2) is 36.1 Å². The third kappa shape index (κ3) is 2.63. The van der Waals surface area contributed by atoms with E-state index in [2.05, 4.69) is 10.5 Å². The molecule has 2 atom stereocenters. The summed E-state index contributed by atoms with van der Waals surface area (Å²) in [7, 11) is 0. The maximum atomic E-state index is 13.2. The van der Waals surface area contributed by atoms with E-state index in [0.717, 1.165) is 18.2 Å². The molecule has 3 rings (SSSR count). The number of benzene rings is 1. The summed E-state index contributed by atoms with van der Waals surface area (Å²) in [6.07, 6.45) is -4.75. The number of rotatable bonds is 3. The summed E-state index contributed by atoms with van der Waals surface area (Å²) in [6.45, 7) is 1.57. The second kappa shape index (κ2) is 5.87. The number of nitrogens with one attached hydrogen (secondary N) is 1. The van der Waals surface area contributed by atoms with Crippen LogP contribution in [0.3, 0.4) is 0 Å². The summed E-state index contributed by atoms with van der Waals surface area (Å²) in [4.78, 5) is 37.4. The van der Waals surface area contributed by atoms with Crippen molar-refractivity contribution < 1.29 is 32.3 Å². The molecule has 132 valence electrons. The molecule has 1 aromatic rings. The minimum atomic E-state index is -4.75. The number of amides is 2. The molecule has 0 radical (unpaired) electrons. The van der Waals surface area contributed by atoms with Gasteiger partial charge >= 0.3 is 12.1 Å². The Morgan fingerprint density at radius 3 is 2.60 bits per heavy atom. The molecule has 0 bridgehead atoms. The number of halogens is 3. The lowest BCUT2D eigenvalue weighted by atomic mass is 9.99. The first kappa shape index (κ1) is 16.9. The van der Waals surface area contributed by atoms with Gasteiger partial charge in [0.15, 0.2) is 5.71 Å². The molecular formula is C15H12F3N3O4. The van der Waals surface area contributed by atoms with Crippen LogP contribution in [0, 0.1) is 5.92 Å². The number of nitrogens with zero attached hydrogens (tertiary/aromatic N) is 2. The van der Waals surface area contributed by atoms with Gasteiger partial charge in [0.25, 0.3) is 5.91 Å². The van der Waals surface area contributed by atoms with Crippen molar-refractivity contribution in [1.82, 2.24) is 5.43 Å². The molecule has 2 aliphatic heterocycles. The molecule has 7 nitrogen and oxygen atoms in total. The minimum Gasteiger partial charge on any atom is -0.461 e. The lowest BCUT2D eigenvalue weighted by Gasteiger charge is -2.20. The molecule has 2 unspecified atom stereocenters. The zero-order valence-electron chi connectivity index (χ0n) is 12.8. The molecule has 25 heavy (non-hydrogen) atoms. The van der Waals surface area contributed by atoms with Crippen LogP contribution in [0.15, 0.2) is 29.4 Å². The molecular weight excluding hydrogens is 343 g/mol. The Bertz CT molecular complexity index is 790. The van der Waals surface area contributed by atoms with Crippen LogP contribution < -0.4 is 10.3 Å². The second-order valence-electron chi connectivity index (χ2n) is 5.33. The highest BCUT2D eigenvalue weighted by Crippen LogP contribution is 2.39. The van der Waals surface area contributed by atoms with E-state index >= 15 is 0 Å². The zero-order valence-corrected chi connectivity index (χ0v) is 12.8. The van der Waals surface area contributed by atoms with Crippen LogP contribution in [0.4, 0.5) is 18.9 Å². The highest BCUT2D eigenvalue weighted by atomic mass is 19.4. The van der Waals surface area contributed by atoms with Crippen molar-refractivity contribution in [2.45, 2.75) is 19.1 Å². The Hall–Kier alpha value is -2.91. The van der Waals surface area contributed by atoms with E-state index in [4.69, 9.17) is 4.74 Å². The number of fused-ring (bicyclic) bond motifs is 1. The average molecular weight is 355 g/mol. The Labute approximate surface area is 139 Å². The van der Waals surface area contributed by atoms with E-state index in [1.807, 2.05) is 0 Å². The first-order chi connectivity index (χ1) is 11.8. The molecule has 1 fully saturated rings. The Morgan fingerprint density at radius 2 is 1.96 bits per heavy atom. The van der Waals surface area contributed by atoms with Crippen molar-refractivity contribution in [3.05, 3.63) is 29.8 Å². The van der Waals surface area contributed by atoms with Gasteiger partial charge in [-0.3, -0.25) is 15.0 Å². The number of imide groups is 1. The largest absolute Gasteiger partial charge is 0.461 e. The molecule has 1 aromatic carbocycles. The van der Waals surface area contributed by atoms with Crippen molar-refractivity contribution in [3.63, 3.8) is 0 Å². The molecule has 1 N–H and O–H groups in total. The normalized spacial score (nSPS) is 22.6. The summed E-state index contributed by atoms with van der Waals surface area (Å²) in [5, 5.41) is 3.64. The van der Waals surface area contributed by atoms with Crippen LogP contribution in [0.25, 0.3) is 0 Å². The standard InChI is InChI=1S/C15H12F3N3O4/c1-2-25-14(24)11-9-10(19-20-11)13(23)21(12(9)22)8-6-4-3-5-7(8)15(16,17)18/h3-6,9-10,19H,2H2,1H3. The molecule has 0 aliphatic carbocycles. The summed E-state index contributed by atoms with van der Waals surface area (Å²) in [5.74, 6) is -4.07. The van der Waals surface area contributed by atoms with Gasteiger partial charge in [-0.15, -0.1) is 0 Å². The molecule has 2 amide bonds. The van der Waals surface area contributed by atoms with Gasteiger partial charge in [0, 0.05) is 0 Å². The first-order valence-corrected chi connectivity index (χ1v) is 7.31. The number of hydrogen-bond donors (Lipinski definition) is 1. The summed E-state index contributed by atoms with van der Waals surface area (Å²) >= 11 is 0. The highest BCUT2D eigenvalue weighted by molar-refractivity contribution is 6.46. The van der Waals surface area contributed by atoms with Gasteiger partial charge < -0.3 is 4.74 Å². The molecule has 10 heteroatoms. The van der Waals surface area contributed by atoms with Gasteiger partial charge in [-0.1, -0.05) is 12.1 Å². The van der Waals surface area contributed by atoms with Crippen LogP contribution in [0.1, 0.15) is 12.5 Å². The van der Waals surface area contributed by atoms with Crippen molar-refractivity contribution in [3.8, 4) is 0 Å². The number of ether oxygens (including phenoxy) is 1. The Morgan fingerprint density at radius 1 is 1.28 bits per heavy atom. The highest BCUT2D eigenvalue weighted by Gasteiger charge is 2.56. The van der Waals surface area contributed by atoms with E-state index < -0.39 is 47.2 Å². The molecule has 0 aromatic heterocycles. The fourth-order valence-electron chi connectivity index (χ4n) is 2.81. The third-order valence-corrected chi connectivity index (χ3v) is 3.86. The number of carbonyl (C=O) groups excluding carboxylic acids is 3. The zero-order chi connectivity index (χ0) is 18.4. The molecule has 0 saturated carbocycles. The van der Waals surface area contributed by atoms with Crippen molar-refractivity contribution >= 4 is 29.2 Å². The quantitative estimate of drug-likeness (QED) is 0.648. The summed E-state index contributed by atoms with van der Waals surface area (Å²) in [5.41, 5.74) is 0.319. The number of hydrazone groups is 1. The summed E-state index contributed by atoms with van der Waals surface area (Å²) < 4.78 is 44.3. The number of anilines is 1. The number of carbonyl (C=O) groups is 3. The SMILES string of the molecule is CCOC(=O)C1=NNC2C(=O)N(c3ccccc3C(F)(F)F)C(=O)C12. The van der Waals surface area contributed by atoms with Crippen molar-refractivity contribution in [2.75, 3.05) is 11.5 Å². The maximum Gasteiger partial charge on any atom is 0.418 e. The lowest BCUT2D eigenvalue weighted by Crippen LogP contribution is -2.37. The predicted molar refractivity (Wildman–Crippen MR) is 78.4 cm³/mol. The van der Waals surface area contributed by atoms with E-state index in [0.29, 0.717) is 4.90 Å². The molecule has 0 spiro atoms. The molecule has 2 aliphatic rings. The lowest BCUT2D eigenvalue weighted by molar-refractivity contribution is -0.138. The number of para-hydroxylation sites is 1. The molecule has 2 heterocycles. The fourth-order valence-corrected chi connectivity index (χ4v) is 2.81. The smallest absolute Gasteiger partial charge is 0.418 e. The first-order valence-electron chi connectivity index (χ1n) is 7.31. The van der Waals surface area contributed by atoms with E-state index in [9.17, 15) is 27.6 Å². The van der Waals surface area contributed by atoms with Crippen molar-refractivity contribution in [2.24, 2.45) is 11.0 Å². The predicted octanol–water partition coefficient (Wildman–Crippen LogP) is 1.09. The van der Waals surface area contributed by atoms with Crippen LogP contribution in [-0.2, 0) is 25.3 Å². The minimum absolute atomic E-state index is 0.0258. The Balaban J connectivity index is 2.00. The fraction of sp³-hybridized carbons (Fsp3) is 0.333. The van der Waals surface area contributed by atoms with Crippen LogP contribution >= 0.6 is 0 Å². The average Bonchev–Trinajstić information content (AvgIpc) is 3.08. The Kier molecular flexibility index (Phi) is 3.97. The van der Waals surface area contributed by atoms with E-state index in [1.54, 1.807) is 6.92 Å². The number of alkyl halides is 3. The van der Waals surface area contributed by atoms with Crippen LogP contribution in [0.5, 0.6) is 0 Å². The number of esters is 1. The monoisotopic (exact) mass is 355 g/mol. The van der Waals surface area contributed by atoms with Gasteiger partial charge in [-0.05, 0) is 19.1 Å².